The van der Waals surface area contributed by atoms with Gasteiger partial charge in [-0.1, -0.05) is 149 Å². The summed E-state index contributed by atoms with van der Waals surface area (Å²) in [5.41, 5.74) is 5.36. The van der Waals surface area contributed by atoms with Crippen LogP contribution in [0.25, 0.3) is 0 Å². The van der Waals surface area contributed by atoms with Crippen molar-refractivity contribution in [3.63, 3.8) is 0 Å². The first-order valence-electron chi connectivity index (χ1n) is 17.7. The molecule has 0 saturated carbocycles. The average Bonchev–Trinajstić information content (AvgIpc) is 2.95. The van der Waals surface area contributed by atoms with Crippen molar-refractivity contribution in [1.29, 1.82) is 5.41 Å². The number of nitrogens with two attached hydrogens (primary N) is 1. The highest BCUT2D eigenvalue weighted by molar-refractivity contribution is 5.87. The topological polar surface area (TPSA) is 120 Å². The number of rotatable bonds is 31. The zero-order valence-electron chi connectivity index (χ0n) is 27.3. The first-order chi connectivity index (χ1) is 20.0. The largest absolute Gasteiger partial charge is 0.370 e. The molecular weight excluding hydrogens is 510 g/mol. The van der Waals surface area contributed by atoms with Gasteiger partial charge in [0.05, 0.1) is 0 Å². The summed E-state index contributed by atoms with van der Waals surface area (Å²) in [6, 6.07) is -0.527. The van der Waals surface area contributed by atoms with Crippen LogP contribution in [0.2, 0.25) is 0 Å². The molecule has 0 aliphatic rings. The molecule has 0 heterocycles. The maximum Gasteiger partial charge on any atom is 0.242 e. The molecule has 0 bridgehead atoms. The third-order valence-corrected chi connectivity index (χ3v) is 7.97. The summed E-state index contributed by atoms with van der Waals surface area (Å²) in [7, 11) is 0. The van der Waals surface area contributed by atoms with Gasteiger partial charge in [0.2, 0.25) is 11.8 Å². The van der Waals surface area contributed by atoms with Gasteiger partial charge in [0, 0.05) is 19.5 Å². The minimum atomic E-state index is -0.527. The molecule has 0 fully saturated rings. The Bertz CT molecular complexity index is 614. The van der Waals surface area contributed by atoms with Gasteiger partial charge in [0.15, 0.2) is 5.96 Å². The highest BCUT2D eigenvalue weighted by Crippen LogP contribution is 2.13. The quantitative estimate of drug-likeness (QED) is 0.0322. The molecule has 0 radical (unpaired) electrons. The van der Waals surface area contributed by atoms with E-state index in [4.69, 9.17) is 11.1 Å². The van der Waals surface area contributed by atoms with E-state index in [1.807, 2.05) is 0 Å². The average molecular weight is 580 g/mol. The Hall–Kier alpha value is -1.79. The van der Waals surface area contributed by atoms with Crippen molar-refractivity contribution < 1.29 is 9.59 Å². The highest BCUT2D eigenvalue weighted by atomic mass is 16.2. The maximum atomic E-state index is 12.8. The van der Waals surface area contributed by atoms with Crippen molar-refractivity contribution in [2.75, 3.05) is 13.1 Å². The van der Waals surface area contributed by atoms with Gasteiger partial charge in [0.1, 0.15) is 6.04 Å². The molecule has 0 unspecified atom stereocenters. The molecule has 0 spiro atoms. The molecule has 7 nitrogen and oxygen atoms in total. The molecule has 1 atom stereocenters. The van der Waals surface area contributed by atoms with E-state index in [-0.39, 0.29) is 17.8 Å². The number of nitrogens with one attached hydrogen (secondary N) is 4. The molecule has 0 saturated heterocycles. The van der Waals surface area contributed by atoms with Crippen LogP contribution in [-0.4, -0.2) is 36.9 Å². The normalized spacial score (nSPS) is 11.8. The Balaban J connectivity index is 4.04. The Morgan fingerprint density at radius 3 is 1.39 bits per heavy atom. The predicted octanol–water partition coefficient (Wildman–Crippen LogP) is 8.25. The Morgan fingerprint density at radius 1 is 0.561 bits per heavy atom. The van der Waals surface area contributed by atoms with Crippen molar-refractivity contribution in [3.05, 3.63) is 0 Å². The second-order valence-corrected chi connectivity index (χ2v) is 12.1. The molecule has 0 aromatic rings. The van der Waals surface area contributed by atoms with Gasteiger partial charge in [0.25, 0.3) is 0 Å². The first kappa shape index (κ1) is 39.2. The van der Waals surface area contributed by atoms with Crippen LogP contribution >= 0.6 is 0 Å². The van der Waals surface area contributed by atoms with Crippen LogP contribution in [0.15, 0.2) is 0 Å². The van der Waals surface area contributed by atoms with Crippen LogP contribution in [0.3, 0.4) is 0 Å². The SMILES string of the molecule is CCCCCCCCCCCCCCCC(=O)N[C@@H](CCCNC(=N)N)C(=O)NCCCCCCCCCCCC. The minimum absolute atomic E-state index is 0.0355. The van der Waals surface area contributed by atoms with Crippen LogP contribution in [0, 0.1) is 5.41 Å². The summed E-state index contributed by atoms with van der Waals surface area (Å²) in [6.45, 7) is 5.70. The molecule has 242 valence electrons. The number of hydrogen-bond donors (Lipinski definition) is 5. The van der Waals surface area contributed by atoms with E-state index >= 15 is 0 Å². The van der Waals surface area contributed by atoms with Gasteiger partial charge >= 0.3 is 0 Å². The fraction of sp³-hybridized carbons (Fsp3) is 0.912. The zero-order chi connectivity index (χ0) is 30.2. The van der Waals surface area contributed by atoms with E-state index in [1.54, 1.807) is 0 Å². The minimum Gasteiger partial charge on any atom is -0.370 e. The fourth-order valence-corrected chi connectivity index (χ4v) is 5.32. The number of amides is 2. The van der Waals surface area contributed by atoms with Gasteiger partial charge in [-0.05, 0) is 25.7 Å². The lowest BCUT2D eigenvalue weighted by molar-refractivity contribution is -0.129. The van der Waals surface area contributed by atoms with Crippen LogP contribution in [0.1, 0.15) is 181 Å². The standard InChI is InChI=1S/C34H69N5O2/c1-3-5-7-9-11-13-15-16-17-18-20-22-24-28-32(40)39-31(27-26-30-38-34(35)36)33(41)37-29-25-23-21-19-14-12-10-8-6-4-2/h31H,3-30H2,1-2H3,(H,37,41)(H,39,40)(H4,35,36,38)/t31-/m0/s1. The third-order valence-electron chi connectivity index (χ3n) is 7.97. The molecule has 0 aliphatic carbocycles. The van der Waals surface area contributed by atoms with E-state index < -0.39 is 6.04 Å². The molecule has 41 heavy (non-hydrogen) atoms. The number of unbranched alkanes of at least 4 members (excludes halogenated alkanes) is 21. The van der Waals surface area contributed by atoms with Crippen LogP contribution in [0.4, 0.5) is 0 Å². The molecule has 2 amide bonds. The highest BCUT2D eigenvalue weighted by Gasteiger charge is 2.20. The van der Waals surface area contributed by atoms with Gasteiger partial charge in [-0.2, -0.15) is 0 Å². The molecule has 0 aromatic carbocycles. The van der Waals surface area contributed by atoms with E-state index in [1.165, 1.54) is 122 Å². The summed E-state index contributed by atoms with van der Waals surface area (Å²) in [4.78, 5) is 25.4. The summed E-state index contributed by atoms with van der Waals surface area (Å²) in [5.74, 6) is -0.201. The molecular formula is C34H69N5O2. The van der Waals surface area contributed by atoms with Crippen molar-refractivity contribution in [2.45, 2.75) is 187 Å². The van der Waals surface area contributed by atoms with Gasteiger partial charge in [-0.3, -0.25) is 15.0 Å². The third kappa shape index (κ3) is 29.5. The lowest BCUT2D eigenvalue weighted by Crippen LogP contribution is -2.47. The molecule has 0 rings (SSSR count). The Labute approximate surface area is 254 Å². The smallest absolute Gasteiger partial charge is 0.242 e. The summed E-state index contributed by atoms with van der Waals surface area (Å²) >= 11 is 0. The summed E-state index contributed by atoms with van der Waals surface area (Å²) in [6.07, 6.45) is 31.0. The molecule has 6 N–H and O–H groups in total. The lowest BCUT2D eigenvalue weighted by atomic mass is 10.0. The van der Waals surface area contributed by atoms with Crippen molar-refractivity contribution in [1.82, 2.24) is 16.0 Å². The number of carbonyl (C=O) groups is 2. The van der Waals surface area contributed by atoms with E-state index in [9.17, 15) is 9.59 Å². The maximum absolute atomic E-state index is 12.8. The second-order valence-electron chi connectivity index (χ2n) is 12.1. The molecule has 7 heteroatoms. The number of hydrogen-bond acceptors (Lipinski definition) is 3. The monoisotopic (exact) mass is 580 g/mol. The Morgan fingerprint density at radius 2 is 0.951 bits per heavy atom. The summed E-state index contributed by atoms with van der Waals surface area (Å²) in [5, 5.41) is 16.1. The van der Waals surface area contributed by atoms with Crippen LogP contribution in [0.5, 0.6) is 0 Å². The Kier molecular flexibility index (Phi) is 29.8. The number of carbonyl (C=O) groups excluding carboxylic acids is 2. The van der Waals surface area contributed by atoms with E-state index in [0.717, 1.165) is 25.7 Å². The van der Waals surface area contributed by atoms with Gasteiger partial charge in [-0.25, -0.2) is 0 Å². The van der Waals surface area contributed by atoms with Crippen LogP contribution < -0.4 is 21.7 Å². The van der Waals surface area contributed by atoms with Gasteiger partial charge in [-0.15, -0.1) is 0 Å². The van der Waals surface area contributed by atoms with E-state index in [0.29, 0.717) is 32.4 Å². The zero-order valence-corrected chi connectivity index (χ0v) is 27.3. The molecule has 0 aromatic heterocycles. The van der Waals surface area contributed by atoms with Gasteiger partial charge < -0.3 is 21.7 Å². The van der Waals surface area contributed by atoms with Crippen molar-refractivity contribution >= 4 is 17.8 Å². The number of guanidine groups is 1. The first-order valence-corrected chi connectivity index (χ1v) is 17.7. The lowest BCUT2D eigenvalue weighted by Gasteiger charge is -2.19. The molecule has 0 aliphatic heterocycles. The summed E-state index contributed by atoms with van der Waals surface area (Å²) < 4.78 is 0. The van der Waals surface area contributed by atoms with E-state index in [2.05, 4.69) is 29.8 Å². The van der Waals surface area contributed by atoms with Crippen molar-refractivity contribution in [3.8, 4) is 0 Å². The van der Waals surface area contributed by atoms with Crippen molar-refractivity contribution in [2.24, 2.45) is 5.73 Å². The second kappa shape index (κ2) is 31.2. The predicted molar refractivity (Wildman–Crippen MR) is 176 cm³/mol. The van der Waals surface area contributed by atoms with Crippen LogP contribution in [-0.2, 0) is 9.59 Å². The fourth-order valence-electron chi connectivity index (χ4n) is 5.32.